The van der Waals surface area contributed by atoms with E-state index in [0.29, 0.717) is 25.1 Å². The molecule has 1 aliphatic heterocycles. The van der Waals surface area contributed by atoms with E-state index in [1.54, 1.807) is 0 Å². The lowest BCUT2D eigenvalue weighted by Gasteiger charge is -2.30. The summed E-state index contributed by atoms with van der Waals surface area (Å²) in [7, 11) is 0. The van der Waals surface area contributed by atoms with Crippen molar-refractivity contribution in [1.29, 1.82) is 0 Å². The van der Waals surface area contributed by atoms with Crippen molar-refractivity contribution in [3.8, 4) is 0 Å². The van der Waals surface area contributed by atoms with Crippen LogP contribution in [0.15, 0.2) is 18.2 Å². The Bertz CT molecular complexity index is 613. The summed E-state index contributed by atoms with van der Waals surface area (Å²) in [6.07, 6.45) is -8.51. The van der Waals surface area contributed by atoms with Crippen molar-refractivity contribution in [2.45, 2.75) is 50.6 Å². The number of carbonyl (C=O) groups is 1. The van der Waals surface area contributed by atoms with Crippen LogP contribution in [-0.2, 0) is 22.7 Å². The smallest absolute Gasteiger partial charge is 0.346 e. The summed E-state index contributed by atoms with van der Waals surface area (Å²) in [6, 6.07) is 0.849. The highest BCUT2D eigenvalue weighted by Crippen LogP contribution is 2.38. The third-order valence-electron chi connectivity index (χ3n) is 4.12. The average molecular weight is 368 g/mol. The maximum Gasteiger partial charge on any atom is 0.416 e. The Hall–Kier alpha value is -1.77. The summed E-state index contributed by atoms with van der Waals surface area (Å²) in [6.45, 7) is 3.38. The molecule has 1 aliphatic rings. The number of rotatable bonds is 3. The molecule has 9 heteroatoms. The van der Waals surface area contributed by atoms with Crippen LogP contribution in [0.2, 0.25) is 0 Å². The number of benzene rings is 1. The van der Waals surface area contributed by atoms with Gasteiger partial charge in [-0.1, -0.05) is 0 Å². The maximum absolute atomic E-state index is 13.0. The van der Waals surface area contributed by atoms with E-state index in [-0.39, 0.29) is 11.6 Å². The van der Waals surface area contributed by atoms with E-state index in [9.17, 15) is 31.1 Å². The molecule has 3 nitrogen and oxygen atoms in total. The van der Waals surface area contributed by atoms with E-state index in [2.05, 4.69) is 10.6 Å². The van der Waals surface area contributed by atoms with Gasteiger partial charge in [0.15, 0.2) is 0 Å². The van der Waals surface area contributed by atoms with Gasteiger partial charge >= 0.3 is 12.4 Å². The maximum atomic E-state index is 13.0. The van der Waals surface area contributed by atoms with Crippen LogP contribution in [0.25, 0.3) is 0 Å². The van der Waals surface area contributed by atoms with Crippen molar-refractivity contribution in [1.82, 2.24) is 10.6 Å². The van der Waals surface area contributed by atoms with Crippen molar-refractivity contribution in [2.75, 3.05) is 6.54 Å². The van der Waals surface area contributed by atoms with Crippen LogP contribution in [0.3, 0.4) is 0 Å². The number of nitrogens with one attached hydrogen (secondary N) is 2. The lowest BCUT2D eigenvalue weighted by Crippen LogP contribution is -2.48. The molecule has 0 saturated carbocycles. The number of hydrogen-bond donors (Lipinski definition) is 2. The third-order valence-corrected chi connectivity index (χ3v) is 4.12. The highest BCUT2D eigenvalue weighted by Gasteiger charge is 2.39. The Labute approximate surface area is 140 Å². The van der Waals surface area contributed by atoms with Crippen LogP contribution in [-0.4, -0.2) is 18.5 Å². The zero-order valence-corrected chi connectivity index (χ0v) is 13.6. The molecule has 140 valence electrons. The van der Waals surface area contributed by atoms with Gasteiger partial charge in [-0.2, -0.15) is 26.3 Å². The summed E-state index contributed by atoms with van der Waals surface area (Å²) < 4.78 is 77.8. The van der Waals surface area contributed by atoms with E-state index in [4.69, 9.17) is 0 Å². The highest BCUT2D eigenvalue weighted by atomic mass is 19.4. The molecule has 1 saturated heterocycles. The van der Waals surface area contributed by atoms with Crippen molar-refractivity contribution in [2.24, 2.45) is 0 Å². The first kappa shape index (κ1) is 19.6. The third kappa shape index (κ3) is 4.65. The molecule has 2 rings (SSSR count). The molecule has 1 aromatic carbocycles. The normalized spacial score (nSPS) is 19.1. The first-order valence-electron chi connectivity index (χ1n) is 7.66. The van der Waals surface area contributed by atoms with E-state index < -0.39 is 41.0 Å². The minimum Gasteiger partial charge on any atom is -0.346 e. The Morgan fingerprint density at radius 1 is 1.00 bits per heavy atom. The predicted octanol–water partition coefficient (Wildman–Crippen LogP) is 3.83. The second-order valence-electron chi connectivity index (χ2n) is 6.56. The molecule has 1 amide bonds. The van der Waals surface area contributed by atoms with E-state index in [1.165, 1.54) is 13.8 Å². The molecule has 0 aromatic heterocycles. The molecular formula is C16H18F6N2O. The predicted molar refractivity (Wildman–Crippen MR) is 78.6 cm³/mol. The molecule has 0 radical (unpaired) electrons. The molecule has 1 heterocycles. The van der Waals surface area contributed by atoms with Crippen molar-refractivity contribution >= 4 is 5.91 Å². The quantitative estimate of drug-likeness (QED) is 0.797. The van der Waals surface area contributed by atoms with Crippen molar-refractivity contribution in [3.63, 3.8) is 0 Å². The fraction of sp³-hybridized carbons (Fsp3) is 0.562. The number of carbonyl (C=O) groups excluding carboxylic acids is 1. The summed E-state index contributed by atoms with van der Waals surface area (Å²) >= 11 is 0. The molecule has 1 fully saturated rings. The Kier molecular flexibility index (Phi) is 5.09. The van der Waals surface area contributed by atoms with Gasteiger partial charge in [0.2, 0.25) is 5.91 Å². The summed E-state index contributed by atoms with van der Waals surface area (Å²) in [5.74, 6) is -0.450. The zero-order chi connectivity index (χ0) is 19.0. The molecule has 1 aromatic rings. The van der Waals surface area contributed by atoms with Gasteiger partial charge in [-0.05, 0) is 57.0 Å². The zero-order valence-electron chi connectivity index (χ0n) is 13.6. The number of hydrogen-bond acceptors (Lipinski definition) is 2. The largest absolute Gasteiger partial charge is 0.416 e. The molecule has 0 spiro atoms. The van der Waals surface area contributed by atoms with E-state index in [0.717, 1.165) is 6.42 Å². The minimum absolute atomic E-state index is 0.0694. The van der Waals surface area contributed by atoms with Crippen LogP contribution in [0.1, 0.15) is 43.4 Å². The SMILES string of the molecule is CC(C)(NC(=O)C1CCCN1)c1cc(C(F)(F)F)cc(C(F)(F)F)c1. The van der Waals surface area contributed by atoms with E-state index >= 15 is 0 Å². The molecule has 25 heavy (non-hydrogen) atoms. The van der Waals surface area contributed by atoms with Crippen LogP contribution in [0.5, 0.6) is 0 Å². The summed E-state index contributed by atoms with van der Waals surface area (Å²) in [5, 5.41) is 5.47. The van der Waals surface area contributed by atoms with Gasteiger partial charge in [-0.15, -0.1) is 0 Å². The molecule has 2 N–H and O–H groups in total. The van der Waals surface area contributed by atoms with Crippen LogP contribution < -0.4 is 10.6 Å². The number of alkyl halides is 6. The van der Waals surface area contributed by atoms with Crippen molar-refractivity contribution < 1.29 is 31.1 Å². The fourth-order valence-corrected chi connectivity index (χ4v) is 2.69. The molecule has 1 unspecified atom stereocenters. The number of halogens is 6. The Balaban J connectivity index is 2.39. The average Bonchev–Trinajstić information content (AvgIpc) is 2.98. The van der Waals surface area contributed by atoms with Gasteiger partial charge in [0.1, 0.15) is 0 Å². The first-order valence-corrected chi connectivity index (χ1v) is 7.66. The minimum atomic E-state index is -4.93. The number of amides is 1. The second kappa shape index (κ2) is 6.51. The summed E-state index contributed by atoms with van der Waals surface area (Å²) in [5.41, 5.74) is -4.47. The second-order valence-corrected chi connectivity index (χ2v) is 6.56. The summed E-state index contributed by atoms with van der Waals surface area (Å²) in [4.78, 5) is 12.2. The van der Waals surface area contributed by atoms with Gasteiger partial charge < -0.3 is 10.6 Å². The molecular weight excluding hydrogens is 350 g/mol. The molecule has 0 bridgehead atoms. The highest BCUT2D eigenvalue weighted by molar-refractivity contribution is 5.82. The molecule has 0 aliphatic carbocycles. The van der Waals surface area contributed by atoms with Crippen LogP contribution >= 0.6 is 0 Å². The lowest BCUT2D eigenvalue weighted by atomic mass is 9.90. The monoisotopic (exact) mass is 368 g/mol. The first-order chi connectivity index (χ1) is 11.3. The van der Waals surface area contributed by atoms with Crippen LogP contribution in [0.4, 0.5) is 26.3 Å². The van der Waals surface area contributed by atoms with Gasteiger partial charge in [-0.25, -0.2) is 0 Å². The van der Waals surface area contributed by atoms with Crippen molar-refractivity contribution in [3.05, 3.63) is 34.9 Å². The van der Waals surface area contributed by atoms with Gasteiger partial charge in [0, 0.05) is 0 Å². The lowest BCUT2D eigenvalue weighted by molar-refractivity contribution is -0.143. The van der Waals surface area contributed by atoms with E-state index in [1.807, 2.05) is 0 Å². The van der Waals surface area contributed by atoms with Crippen LogP contribution in [0, 0.1) is 0 Å². The van der Waals surface area contributed by atoms with Gasteiger partial charge in [-0.3, -0.25) is 4.79 Å². The molecule has 1 atom stereocenters. The standard InChI is InChI=1S/C16H18F6N2O/c1-14(2,24-13(25)12-4-3-5-23-12)9-6-10(15(17,18)19)8-11(7-9)16(20,21)22/h6-8,12,23H,3-5H2,1-2H3,(H,24,25). The fourth-order valence-electron chi connectivity index (χ4n) is 2.69. The van der Waals surface area contributed by atoms with Gasteiger partial charge in [0.05, 0.1) is 22.7 Å². The topological polar surface area (TPSA) is 41.1 Å². The van der Waals surface area contributed by atoms with Gasteiger partial charge in [0.25, 0.3) is 0 Å². The Morgan fingerprint density at radius 2 is 1.48 bits per heavy atom. The Morgan fingerprint density at radius 3 is 1.88 bits per heavy atom.